The predicted octanol–water partition coefficient (Wildman–Crippen LogP) is 3.24. The second kappa shape index (κ2) is 6.86. The zero-order chi connectivity index (χ0) is 14.5. The van der Waals surface area contributed by atoms with Gasteiger partial charge in [-0.25, -0.2) is 0 Å². The molecule has 0 bridgehead atoms. The average Bonchev–Trinajstić information content (AvgIpc) is 2.45. The highest BCUT2D eigenvalue weighted by Crippen LogP contribution is 2.07. The Kier molecular flexibility index (Phi) is 5.15. The molecule has 20 heavy (non-hydrogen) atoms. The van der Waals surface area contributed by atoms with Crippen LogP contribution in [0.15, 0.2) is 48.5 Å². The summed E-state index contributed by atoms with van der Waals surface area (Å²) in [4.78, 5) is 0. The molecule has 0 aromatic heterocycles. The van der Waals surface area contributed by atoms with Crippen LogP contribution >= 0.6 is 0 Å². The van der Waals surface area contributed by atoms with Crippen LogP contribution in [0.25, 0.3) is 12.2 Å². The lowest BCUT2D eigenvalue weighted by atomic mass is 10.1. The second-order valence-electron chi connectivity index (χ2n) is 5.90. The summed E-state index contributed by atoms with van der Waals surface area (Å²) in [5.41, 5.74) is 2.80. The van der Waals surface area contributed by atoms with Crippen molar-refractivity contribution in [1.29, 1.82) is 0 Å². The predicted molar refractivity (Wildman–Crippen MR) is 98.8 cm³/mol. The van der Waals surface area contributed by atoms with Crippen molar-refractivity contribution in [2.45, 2.75) is 26.2 Å². The molecule has 0 radical (unpaired) electrons. The van der Waals surface area contributed by atoms with Gasteiger partial charge in [0.15, 0.2) is 0 Å². The number of hydrogen-bond acceptors (Lipinski definition) is 0. The van der Waals surface area contributed by atoms with E-state index in [1.807, 2.05) is 0 Å². The summed E-state index contributed by atoms with van der Waals surface area (Å²) >= 11 is 0. The van der Waals surface area contributed by atoms with E-state index in [2.05, 4.69) is 86.9 Å². The summed E-state index contributed by atoms with van der Waals surface area (Å²) in [5.74, 6) is 0. The Balaban J connectivity index is 2.35. The highest BCUT2D eigenvalue weighted by molar-refractivity contribution is 6.72. The topological polar surface area (TPSA) is 0 Å². The first-order valence-electron chi connectivity index (χ1n) is 7.45. The molecule has 0 aliphatic rings. The van der Waals surface area contributed by atoms with E-state index < -0.39 is 17.6 Å². The van der Waals surface area contributed by atoms with E-state index in [1.54, 1.807) is 10.4 Å². The van der Waals surface area contributed by atoms with Gasteiger partial charge < -0.3 is 0 Å². The van der Waals surface area contributed by atoms with Crippen LogP contribution in [0.5, 0.6) is 0 Å². The lowest BCUT2D eigenvalue weighted by molar-refractivity contribution is 1.68. The van der Waals surface area contributed by atoms with Gasteiger partial charge in [0.25, 0.3) is 0 Å². The molecule has 0 heterocycles. The van der Waals surface area contributed by atoms with E-state index in [0.717, 1.165) is 0 Å². The summed E-state index contributed by atoms with van der Waals surface area (Å²) in [7, 11) is -1.54. The van der Waals surface area contributed by atoms with Gasteiger partial charge in [0, 0.05) is 0 Å². The van der Waals surface area contributed by atoms with Gasteiger partial charge in [0.05, 0.1) is 17.6 Å². The Morgan fingerprint density at radius 2 is 0.950 bits per heavy atom. The van der Waals surface area contributed by atoms with Crippen LogP contribution in [0.3, 0.4) is 0 Å². The third-order valence-electron chi connectivity index (χ3n) is 3.68. The zero-order valence-electron chi connectivity index (χ0n) is 12.9. The molecule has 0 fully saturated rings. The molecule has 0 saturated heterocycles. The molecule has 2 heteroatoms. The Morgan fingerprint density at radius 3 is 1.30 bits per heavy atom. The van der Waals surface area contributed by atoms with Crippen LogP contribution in [0.2, 0.25) is 26.2 Å². The summed E-state index contributed by atoms with van der Waals surface area (Å²) in [6, 6.07) is 17.7. The van der Waals surface area contributed by atoms with Crippen molar-refractivity contribution in [1.82, 2.24) is 0 Å². The van der Waals surface area contributed by atoms with E-state index >= 15 is 0 Å². The summed E-state index contributed by atoms with van der Waals surface area (Å²) < 4.78 is 0. The largest absolute Gasteiger partial charge is 0.0682 e. The summed E-state index contributed by atoms with van der Waals surface area (Å²) in [6.07, 6.45) is 4.61. The molecule has 0 unspecified atom stereocenters. The van der Waals surface area contributed by atoms with Gasteiger partial charge in [-0.2, -0.15) is 0 Å². The maximum Gasteiger partial charge on any atom is 0.0655 e. The highest BCUT2D eigenvalue weighted by atomic mass is 28.3. The minimum absolute atomic E-state index is 0.768. The third-order valence-corrected chi connectivity index (χ3v) is 7.22. The van der Waals surface area contributed by atoms with Crippen molar-refractivity contribution in [3.8, 4) is 0 Å². The van der Waals surface area contributed by atoms with Gasteiger partial charge in [-0.15, -0.1) is 0 Å². The number of hydrogen-bond donors (Lipinski definition) is 0. The number of rotatable bonds is 4. The van der Waals surface area contributed by atoms with E-state index in [0.29, 0.717) is 0 Å². The zero-order valence-corrected chi connectivity index (χ0v) is 15.2. The highest BCUT2D eigenvalue weighted by Gasteiger charge is 2.06. The minimum atomic E-state index is -0.768. The van der Waals surface area contributed by atoms with Crippen molar-refractivity contribution in [3.05, 3.63) is 59.7 Å². The first-order valence-corrected chi connectivity index (χ1v) is 13.2. The van der Waals surface area contributed by atoms with E-state index in [1.165, 1.54) is 11.1 Å². The Labute approximate surface area is 126 Å². The molecule has 0 nitrogen and oxygen atoms in total. The lowest BCUT2D eigenvalue weighted by Gasteiger charge is -2.10. The fourth-order valence-electron chi connectivity index (χ4n) is 2.56. The first-order chi connectivity index (χ1) is 9.59. The lowest BCUT2D eigenvalue weighted by Crippen LogP contribution is -2.25. The molecule has 2 aromatic carbocycles. The van der Waals surface area contributed by atoms with E-state index in [9.17, 15) is 0 Å². The SMILES string of the molecule is C[SiH](C)c1ccccc1C=Cc1ccccc1[SiH](C)C. The normalized spacial score (nSPS) is 11.7. The third kappa shape index (κ3) is 3.58. The average molecular weight is 297 g/mol. The molecule has 2 aromatic rings. The Bertz CT molecular complexity index is 544. The molecule has 0 spiro atoms. The van der Waals surface area contributed by atoms with Crippen LogP contribution in [-0.4, -0.2) is 17.6 Å². The molecule has 0 saturated carbocycles. The van der Waals surface area contributed by atoms with Crippen molar-refractivity contribution in [3.63, 3.8) is 0 Å². The molecular weight excluding hydrogens is 272 g/mol. The van der Waals surface area contributed by atoms with Crippen LogP contribution in [0.1, 0.15) is 11.1 Å². The second-order valence-corrected chi connectivity index (χ2v) is 11.8. The smallest absolute Gasteiger partial charge is 0.0655 e. The molecule has 0 aliphatic carbocycles. The minimum Gasteiger partial charge on any atom is -0.0682 e. The van der Waals surface area contributed by atoms with E-state index in [-0.39, 0.29) is 0 Å². The molecule has 0 N–H and O–H groups in total. The summed E-state index contributed by atoms with van der Waals surface area (Å²) in [5, 5.41) is 3.12. The maximum absolute atomic E-state index is 2.39. The van der Waals surface area contributed by atoms with Crippen molar-refractivity contribution in [2.75, 3.05) is 0 Å². The van der Waals surface area contributed by atoms with Gasteiger partial charge in [-0.1, -0.05) is 97.2 Å². The Hall–Kier alpha value is -1.39. The van der Waals surface area contributed by atoms with Crippen LogP contribution in [0.4, 0.5) is 0 Å². The maximum atomic E-state index is 2.39. The fraction of sp³-hybridized carbons (Fsp3) is 0.222. The molecule has 0 aliphatic heterocycles. The van der Waals surface area contributed by atoms with Gasteiger partial charge in [0.1, 0.15) is 0 Å². The van der Waals surface area contributed by atoms with Crippen LogP contribution < -0.4 is 10.4 Å². The van der Waals surface area contributed by atoms with Crippen molar-refractivity contribution < 1.29 is 0 Å². The molecule has 2 rings (SSSR count). The quantitative estimate of drug-likeness (QED) is 0.600. The van der Waals surface area contributed by atoms with Crippen LogP contribution in [-0.2, 0) is 0 Å². The monoisotopic (exact) mass is 296 g/mol. The number of benzene rings is 2. The Morgan fingerprint density at radius 1 is 0.600 bits per heavy atom. The molecule has 104 valence electrons. The molecule has 0 atom stereocenters. The van der Waals surface area contributed by atoms with Gasteiger partial charge in [0.2, 0.25) is 0 Å². The first kappa shape index (κ1) is 15.0. The van der Waals surface area contributed by atoms with E-state index in [4.69, 9.17) is 0 Å². The summed E-state index contributed by atoms with van der Waals surface area (Å²) in [6.45, 7) is 9.56. The fourth-order valence-corrected chi connectivity index (χ4v) is 5.27. The van der Waals surface area contributed by atoms with Crippen molar-refractivity contribution >= 4 is 40.1 Å². The standard InChI is InChI=1S/C18H24Si2/c1-19(2)17-11-7-5-9-15(17)13-14-16-10-6-8-12-18(16)20(3)4/h5-14,19-20H,1-4H3. The molecular formula is C18H24Si2. The van der Waals surface area contributed by atoms with Gasteiger partial charge >= 0.3 is 0 Å². The van der Waals surface area contributed by atoms with Gasteiger partial charge in [-0.3, -0.25) is 0 Å². The molecule has 0 amide bonds. The van der Waals surface area contributed by atoms with Gasteiger partial charge in [-0.05, 0) is 11.1 Å². The van der Waals surface area contributed by atoms with Crippen LogP contribution in [0, 0.1) is 0 Å². The van der Waals surface area contributed by atoms with Crippen molar-refractivity contribution in [2.24, 2.45) is 0 Å².